The molecule has 3 rings (SSSR count). The van der Waals surface area contributed by atoms with Crippen molar-refractivity contribution < 1.29 is 4.79 Å². The van der Waals surface area contributed by atoms with Gasteiger partial charge in [-0.3, -0.25) is 9.78 Å². The number of nitrogens with zero attached hydrogens (tertiary/aromatic N) is 2. The summed E-state index contributed by atoms with van der Waals surface area (Å²) in [6, 6.07) is 11.7. The number of carbonyl (C=O) groups is 1. The number of aromatic nitrogens is 2. The second-order valence-corrected chi connectivity index (χ2v) is 5.95. The molecule has 2 aromatic heterocycles. The summed E-state index contributed by atoms with van der Waals surface area (Å²) in [6.45, 7) is 1.43. The molecule has 0 aliphatic carbocycles. The van der Waals surface area contributed by atoms with Gasteiger partial charge in [-0.05, 0) is 36.6 Å². The van der Waals surface area contributed by atoms with E-state index < -0.39 is 0 Å². The third-order valence-corrected chi connectivity index (χ3v) is 3.93. The number of nitrogens with one attached hydrogen (secondary N) is 1. The Morgan fingerprint density at radius 1 is 1.25 bits per heavy atom. The van der Waals surface area contributed by atoms with Crippen molar-refractivity contribution in [1.82, 2.24) is 9.97 Å². The number of nitrogens with two attached hydrogens (primary N) is 1. The average Bonchev–Trinajstić information content (AvgIpc) is 2.56. The highest BCUT2D eigenvalue weighted by Gasteiger charge is 2.11. The van der Waals surface area contributed by atoms with Gasteiger partial charge in [-0.15, -0.1) is 0 Å². The molecule has 0 saturated heterocycles. The van der Waals surface area contributed by atoms with Gasteiger partial charge in [-0.1, -0.05) is 23.7 Å². The van der Waals surface area contributed by atoms with Crippen LogP contribution in [-0.2, 0) is 17.6 Å². The van der Waals surface area contributed by atoms with Gasteiger partial charge in [0.1, 0.15) is 5.15 Å². The quantitative estimate of drug-likeness (QED) is 0.711. The fourth-order valence-electron chi connectivity index (χ4n) is 2.60. The lowest BCUT2D eigenvalue weighted by atomic mass is 10.0. The number of carbonyl (C=O) groups excluding carboxylic acids is 1. The number of hydrogen-bond donors (Lipinski definition) is 2. The third kappa shape index (κ3) is 3.63. The van der Waals surface area contributed by atoms with Crippen LogP contribution in [0.25, 0.3) is 10.9 Å². The van der Waals surface area contributed by atoms with Crippen LogP contribution in [0, 0.1) is 0 Å². The van der Waals surface area contributed by atoms with E-state index in [2.05, 4.69) is 21.4 Å². The molecule has 1 aromatic carbocycles. The van der Waals surface area contributed by atoms with Crippen LogP contribution in [0.2, 0.25) is 5.15 Å². The summed E-state index contributed by atoms with van der Waals surface area (Å²) in [5.74, 6) is -0.197. The maximum Gasteiger partial charge on any atom is 0.221 e. The molecule has 0 radical (unpaired) electrons. The molecule has 0 spiro atoms. The van der Waals surface area contributed by atoms with Crippen molar-refractivity contribution in [3.8, 4) is 0 Å². The molecule has 0 aliphatic heterocycles. The summed E-state index contributed by atoms with van der Waals surface area (Å²) < 4.78 is 0. The van der Waals surface area contributed by atoms with Crippen LogP contribution in [0.5, 0.6) is 0 Å². The van der Waals surface area contributed by atoms with Crippen LogP contribution in [0.15, 0.2) is 42.6 Å². The van der Waals surface area contributed by atoms with Gasteiger partial charge >= 0.3 is 0 Å². The van der Waals surface area contributed by atoms with Gasteiger partial charge in [-0.25, -0.2) is 4.98 Å². The van der Waals surface area contributed by atoms with E-state index in [1.54, 1.807) is 12.3 Å². The van der Waals surface area contributed by atoms with Crippen molar-refractivity contribution >= 4 is 39.8 Å². The lowest BCUT2D eigenvalue weighted by Crippen LogP contribution is -2.11. The van der Waals surface area contributed by atoms with Gasteiger partial charge in [-0.2, -0.15) is 0 Å². The van der Waals surface area contributed by atoms with Crippen LogP contribution < -0.4 is 11.1 Å². The number of anilines is 2. The molecule has 24 heavy (non-hydrogen) atoms. The first-order valence-electron chi connectivity index (χ1n) is 7.59. The van der Waals surface area contributed by atoms with E-state index in [1.165, 1.54) is 6.92 Å². The van der Waals surface area contributed by atoms with Crippen molar-refractivity contribution in [3.05, 3.63) is 59.0 Å². The Labute approximate surface area is 144 Å². The molecule has 5 nitrogen and oxygen atoms in total. The van der Waals surface area contributed by atoms with Gasteiger partial charge in [0.05, 0.1) is 22.6 Å². The molecule has 0 bridgehead atoms. The highest BCUT2D eigenvalue weighted by Crippen LogP contribution is 2.26. The second kappa shape index (κ2) is 6.84. The van der Waals surface area contributed by atoms with E-state index in [-0.39, 0.29) is 5.91 Å². The SMILES string of the molecule is CC(=O)Nc1cc(Cl)nc(CCc2ccc3ncccc3c2)c1N. The normalized spacial score (nSPS) is 10.8. The Hall–Kier alpha value is -2.66. The molecule has 3 aromatic rings. The number of halogens is 1. The second-order valence-electron chi connectivity index (χ2n) is 5.56. The molecule has 0 aliphatic rings. The summed E-state index contributed by atoms with van der Waals surface area (Å²) >= 11 is 6.04. The molecular weight excluding hydrogens is 324 g/mol. The molecule has 0 unspecified atom stereocenters. The smallest absolute Gasteiger partial charge is 0.221 e. The predicted molar refractivity (Wildman–Crippen MR) is 97.1 cm³/mol. The van der Waals surface area contributed by atoms with Crippen molar-refractivity contribution in [2.24, 2.45) is 0 Å². The number of rotatable bonds is 4. The molecule has 3 N–H and O–H groups in total. The predicted octanol–water partition coefficient (Wildman–Crippen LogP) is 3.61. The van der Waals surface area contributed by atoms with Crippen molar-refractivity contribution in [1.29, 1.82) is 0 Å². The Kier molecular flexibility index (Phi) is 4.62. The molecule has 0 atom stereocenters. The summed E-state index contributed by atoms with van der Waals surface area (Å²) in [5.41, 5.74) is 9.88. The minimum absolute atomic E-state index is 0.197. The van der Waals surface area contributed by atoms with E-state index in [0.717, 1.165) is 22.9 Å². The maximum atomic E-state index is 11.3. The topological polar surface area (TPSA) is 80.9 Å². The molecule has 122 valence electrons. The van der Waals surface area contributed by atoms with Gasteiger partial charge in [0.25, 0.3) is 0 Å². The lowest BCUT2D eigenvalue weighted by Gasteiger charge is -2.11. The Morgan fingerprint density at radius 2 is 2.08 bits per heavy atom. The van der Waals surface area contributed by atoms with Crippen LogP contribution in [-0.4, -0.2) is 15.9 Å². The molecule has 0 fully saturated rings. The molecule has 6 heteroatoms. The Balaban J connectivity index is 1.82. The Morgan fingerprint density at radius 3 is 2.88 bits per heavy atom. The van der Waals surface area contributed by atoms with E-state index in [4.69, 9.17) is 17.3 Å². The highest BCUT2D eigenvalue weighted by atomic mass is 35.5. The first kappa shape index (κ1) is 16.2. The number of pyridine rings is 2. The summed E-state index contributed by atoms with van der Waals surface area (Å²) in [6.07, 6.45) is 3.18. The number of hydrogen-bond acceptors (Lipinski definition) is 4. The van der Waals surface area contributed by atoms with Gasteiger partial charge in [0.2, 0.25) is 5.91 Å². The fourth-order valence-corrected chi connectivity index (χ4v) is 2.81. The van der Waals surface area contributed by atoms with Crippen LogP contribution >= 0.6 is 11.6 Å². The van der Waals surface area contributed by atoms with Gasteiger partial charge in [0.15, 0.2) is 0 Å². The minimum Gasteiger partial charge on any atom is -0.396 e. The zero-order chi connectivity index (χ0) is 17.1. The number of nitrogen functional groups attached to an aromatic ring is 1. The maximum absolute atomic E-state index is 11.3. The zero-order valence-electron chi connectivity index (χ0n) is 13.2. The van der Waals surface area contributed by atoms with Crippen molar-refractivity contribution in [3.63, 3.8) is 0 Å². The van der Waals surface area contributed by atoms with Crippen LogP contribution in [0.4, 0.5) is 11.4 Å². The first-order chi connectivity index (χ1) is 11.5. The van der Waals surface area contributed by atoms with E-state index in [9.17, 15) is 4.79 Å². The molecule has 2 heterocycles. The first-order valence-corrected chi connectivity index (χ1v) is 7.97. The summed E-state index contributed by atoms with van der Waals surface area (Å²) in [4.78, 5) is 19.9. The van der Waals surface area contributed by atoms with Gasteiger partial charge in [0, 0.05) is 24.6 Å². The van der Waals surface area contributed by atoms with Crippen LogP contribution in [0.3, 0.4) is 0 Å². The van der Waals surface area contributed by atoms with E-state index in [1.807, 2.05) is 24.3 Å². The molecule has 1 amide bonds. The van der Waals surface area contributed by atoms with Crippen molar-refractivity contribution in [2.45, 2.75) is 19.8 Å². The lowest BCUT2D eigenvalue weighted by molar-refractivity contribution is -0.114. The van der Waals surface area contributed by atoms with E-state index in [0.29, 0.717) is 28.6 Å². The van der Waals surface area contributed by atoms with Crippen LogP contribution in [0.1, 0.15) is 18.2 Å². The summed E-state index contributed by atoms with van der Waals surface area (Å²) in [5, 5.41) is 4.09. The Bertz CT molecular complexity index is 911. The average molecular weight is 341 g/mol. The standard InChI is InChI=1S/C18H17ClN4O/c1-11(24)22-16-10-17(19)23-15(18(16)20)7-5-12-4-6-14-13(9-12)3-2-8-21-14/h2-4,6,8-10H,5,7,20H2,1H3,(H,22,23,24). The van der Waals surface area contributed by atoms with Gasteiger partial charge < -0.3 is 11.1 Å². The van der Waals surface area contributed by atoms with Crippen molar-refractivity contribution in [2.75, 3.05) is 11.1 Å². The zero-order valence-corrected chi connectivity index (χ0v) is 14.0. The number of fused-ring (bicyclic) bond motifs is 1. The molecule has 0 saturated carbocycles. The monoisotopic (exact) mass is 340 g/mol. The largest absolute Gasteiger partial charge is 0.396 e. The number of benzene rings is 1. The number of aryl methyl sites for hydroxylation is 2. The minimum atomic E-state index is -0.197. The summed E-state index contributed by atoms with van der Waals surface area (Å²) in [7, 11) is 0. The third-order valence-electron chi connectivity index (χ3n) is 3.73. The number of amides is 1. The molecular formula is C18H17ClN4O. The highest BCUT2D eigenvalue weighted by molar-refractivity contribution is 6.30. The van der Waals surface area contributed by atoms with E-state index >= 15 is 0 Å². The fraction of sp³-hybridized carbons (Fsp3) is 0.167.